The Morgan fingerprint density at radius 1 is 1.00 bits per heavy atom. The lowest BCUT2D eigenvalue weighted by Crippen LogP contribution is -2.58. The summed E-state index contributed by atoms with van der Waals surface area (Å²) >= 11 is 0. The van der Waals surface area contributed by atoms with Gasteiger partial charge >= 0.3 is 23.7 Å². The summed E-state index contributed by atoms with van der Waals surface area (Å²) in [6.07, 6.45) is 2.28. The Kier molecular flexibility index (Phi) is 10.1. The van der Waals surface area contributed by atoms with Gasteiger partial charge in [-0.1, -0.05) is 45.9 Å². The molecule has 0 aromatic heterocycles. The van der Waals surface area contributed by atoms with E-state index in [0.717, 1.165) is 31.1 Å². The monoisotopic (exact) mass is 354 g/mol. The number of ether oxygens (including phenoxy) is 3. The van der Waals surface area contributed by atoms with Crippen LogP contribution in [0.5, 0.6) is 0 Å². The first-order valence-corrected chi connectivity index (χ1v) is 7.99. The number of carbonyl (C=O) groups is 3. The van der Waals surface area contributed by atoms with Gasteiger partial charge < -0.3 is 19.3 Å². The average Bonchev–Trinajstić information content (AvgIpc) is 2.60. The number of rotatable bonds is 12. The minimum atomic E-state index is -2.23. The van der Waals surface area contributed by atoms with Crippen molar-refractivity contribution in [3.05, 3.63) is 38.0 Å². The van der Waals surface area contributed by atoms with E-state index in [2.05, 4.69) is 19.7 Å². The molecule has 7 heteroatoms. The van der Waals surface area contributed by atoms with Gasteiger partial charge in [-0.2, -0.15) is 0 Å². The zero-order valence-corrected chi connectivity index (χ0v) is 14.7. The van der Waals surface area contributed by atoms with E-state index < -0.39 is 35.9 Å². The largest absolute Gasteiger partial charge is 0.451 e. The van der Waals surface area contributed by atoms with E-state index in [1.54, 1.807) is 0 Å². The molecule has 0 aliphatic heterocycles. The Bertz CT molecular complexity index is 488. The van der Waals surface area contributed by atoms with Gasteiger partial charge in [-0.3, -0.25) is 0 Å². The Labute approximate surface area is 147 Å². The van der Waals surface area contributed by atoms with Crippen LogP contribution < -0.4 is 0 Å². The molecule has 2 unspecified atom stereocenters. The van der Waals surface area contributed by atoms with Gasteiger partial charge in [0.1, 0.15) is 6.10 Å². The van der Waals surface area contributed by atoms with Crippen LogP contribution in [0.3, 0.4) is 0 Å². The summed E-state index contributed by atoms with van der Waals surface area (Å²) in [5.74, 6) is -4.97. The van der Waals surface area contributed by atoms with E-state index in [4.69, 9.17) is 14.2 Å². The molecule has 140 valence electrons. The summed E-state index contributed by atoms with van der Waals surface area (Å²) < 4.78 is 15.3. The van der Waals surface area contributed by atoms with Gasteiger partial charge in [-0.25, -0.2) is 14.4 Å². The van der Waals surface area contributed by atoms with E-state index in [9.17, 15) is 19.5 Å². The van der Waals surface area contributed by atoms with Gasteiger partial charge in [0, 0.05) is 18.2 Å². The second kappa shape index (κ2) is 11.2. The van der Waals surface area contributed by atoms with Crippen molar-refractivity contribution in [3.8, 4) is 0 Å². The van der Waals surface area contributed by atoms with E-state index in [1.165, 1.54) is 6.92 Å². The molecule has 0 fully saturated rings. The maximum absolute atomic E-state index is 11.8. The number of aliphatic hydroxyl groups is 1. The molecule has 0 amide bonds. The van der Waals surface area contributed by atoms with Gasteiger partial charge in [-0.15, -0.1) is 0 Å². The Morgan fingerprint density at radius 3 is 1.88 bits per heavy atom. The minimum Gasteiger partial charge on any atom is -0.451 e. The van der Waals surface area contributed by atoms with Crippen molar-refractivity contribution in [1.82, 2.24) is 0 Å². The number of aliphatic hydroxyl groups excluding tert-OH is 1. The summed E-state index contributed by atoms with van der Waals surface area (Å²) in [5.41, 5.74) is 0. The number of hydrogen-bond acceptors (Lipinski definition) is 7. The van der Waals surface area contributed by atoms with Crippen LogP contribution in [0, 0.1) is 0 Å². The van der Waals surface area contributed by atoms with Crippen LogP contribution in [-0.2, 0) is 28.6 Å². The van der Waals surface area contributed by atoms with Gasteiger partial charge in [0.15, 0.2) is 6.10 Å². The first-order chi connectivity index (χ1) is 11.8. The highest BCUT2D eigenvalue weighted by atomic mass is 16.8. The van der Waals surface area contributed by atoms with Gasteiger partial charge in [0.05, 0.1) is 0 Å². The lowest BCUT2D eigenvalue weighted by molar-refractivity contribution is -0.291. The molecule has 25 heavy (non-hydrogen) atoms. The Morgan fingerprint density at radius 2 is 1.48 bits per heavy atom. The second-order valence-electron chi connectivity index (χ2n) is 5.27. The first kappa shape index (κ1) is 22.6. The molecule has 0 spiro atoms. The lowest BCUT2D eigenvalue weighted by Gasteiger charge is -2.39. The highest BCUT2D eigenvalue weighted by Crippen LogP contribution is 2.30. The standard InChI is InChI=1S/C18H26O7/c1-6-10-11-12-14(19)18(24-16(21)8-3,25-17(22)9-4)13(5)23-15(20)7-2/h7-9,13-14,19H,2-4,6,10-12H2,1,5H3. The summed E-state index contributed by atoms with van der Waals surface area (Å²) in [7, 11) is 0. The van der Waals surface area contributed by atoms with Crippen LogP contribution in [-0.4, -0.2) is 41.0 Å². The van der Waals surface area contributed by atoms with E-state index in [0.29, 0.717) is 6.42 Å². The third-order valence-corrected chi connectivity index (χ3v) is 3.43. The predicted molar refractivity (Wildman–Crippen MR) is 91.2 cm³/mol. The molecule has 2 atom stereocenters. The normalized spacial score (nSPS) is 13.1. The smallest absolute Gasteiger partial charge is 0.333 e. The van der Waals surface area contributed by atoms with Crippen molar-refractivity contribution in [3.63, 3.8) is 0 Å². The lowest BCUT2D eigenvalue weighted by atomic mass is 9.98. The molecular formula is C18H26O7. The fraction of sp³-hybridized carbons (Fsp3) is 0.500. The fourth-order valence-corrected chi connectivity index (χ4v) is 2.08. The van der Waals surface area contributed by atoms with E-state index in [1.807, 2.05) is 6.92 Å². The molecule has 1 N–H and O–H groups in total. The van der Waals surface area contributed by atoms with Crippen molar-refractivity contribution >= 4 is 17.9 Å². The summed E-state index contributed by atoms with van der Waals surface area (Å²) in [5, 5.41) is 10.6. The topological polar surface area (TPSA) is 99.1 Å². The van der Waals surface area contributed by atoms with E-state index >= 15 is 0 Å². The van der Waals surface area contributed by atoms with Crippen molar-refractivity contribution in [1.29, 1.82) is 0 Å². The third kappa shape index (κ3) is 6.93. The molecule has 0 rings (SSSR count). The highest BCUT2D eigenvalue weighted by molar-refractivity contribution is 5.84. The zero-order chi connectivity index (χ0) is 19.5. The minimum absolute atomic E-state index is 0.151. The van der Waals surface area contributed by atoms with Crippen molar-refractivity contribution in [2.75, 3.05) is 0 Å². The average molecular weight is 354 g/mol. The predicted octanol–water partition coefficient (Wildman–Crippen LogP) is 2.20. The third-order valence-electron chi connectivity index (χ3n) is 3.43. The molecule has 7 nitrogen and oxygen atoms in total. The van der Waals surface area contributed by atoms with Crippen LogP contribution in [0.4, 0.5) is 0 Å². The van der Waals surface area contributed by atoms with Crippen LogP contribution in [0.25, 0.3) is 0 Å². The van der Waals surface area contributed by atoms with Gasteiger partial charge in [-0.05, 0) is 13.3 Å². The maximum atomic E-state index is 11.8. The first-order valence-electron chi connectivity index (χ1n) is 7.99. The molecule has 0 heterocycles. The molecule has 0 saturated heterocycles. The summed E-state index contributed by atoms with van der Waals surface area (Å²) in [6.45, 7) is 13.1. The molecule has 0 radical (unpaired) electrons. The molecule has 0 aromatic rings. The van der Waals surface area contributed by atoms with Crippen molar-refractivity contribution in [2.45, 2.75) is 57.5 Å². The zero-order valence-electron chi connectivity index (χ0n) is 14.7. The van der Waals surface area contributed by atoms with Gasteiger partial charge in [0.25, 0.3) is 0 Å². The molecule has 0 bridgehead atoms. The number of carbonyl (C=O) groups excluding carboxylic acids is 3. The molecule has 0 aromatic carbocycles. The highest BCUT2D eigenvalue weighted by Gasteiger charge is 2.52. The maximum Gasteiger partial charge on any atom is 0.333 e. The molecule has 0 aliphatic rings. The SMILES string of the molecule is C=CC(=O)OC(C)C(OC(=O)C=C)(OC(=O)C=C)C(O)CCCCC. The Balaban J connectivity index is 5.81. The Hall–Kier alpha value is -2.41. The van der Waals surface area contributed by atoms with Gasteiger partial charge in [0.2, 0.25) is 0 Å². The second-order valence-corrected chi connectivity index (χ2v) is 5.27. The van der Waals surface area contributed by atoms with Crippen LogP contribution in [0.15, 0.2) is 38.0 Å². The summed E-state index contributed by atoms with van der Waals surface area (Å²) in [4.78, 5) is 35.0. The van der Waals surface area contributed by atoms with Crippen LogP contribution in [0.2, 0.25) is 0 Å². The molecule has 0 aliphatic carbocycles. The number of hydrogen-bond donors (Lipinski definition) is 1. The fourth-order valence-electron chi connectivity index (χ4n) is 2.08. The number of esters is 3. The summed E-state index contributed by atoms with van der Waals surface area (Å²) in [6, 6.07) is 0. The molecular weight excluding hydrogens is 328 g/mol. The number of unbranched alkanes of at least 4 members (excludes halogenated alkanes) is 2. The van der Waals surface area contributed by atoms with Crippen molar-refractivity contribution < 1.29 is 33.7 Å². The van der Waals surface area contributed by atoms with Crippen LogP contribution in [0.1, 0.15) is 39.5 Å². The van der Waals surface area contributed by atoms with E-state index in [-0.39, 0.29) is 6.42 Å². The van der Waals surface area contributed by atoms with Crippen LogP contribution >= 0.6 is 0 Å². The van der Waals surface area contributed by atoms with Crippen molar-refractivity contribution in [2.24, 2.45) is 0 Å². The molecule has 0 saturated carbocycles. The quantitative estimate of drug-likeness (QED) is 0.248.